The first-order valence-electron chi connectivity index (χ1n) is 7.32. The number of aryl methyl sites for hydroxylation is 2. The van der Waals surface area contributed by atoms with Crippen LogP contribution in [0.25, 0.3) is 11.3 Å². The second kappa shape index (κ2) is 7.13. The molecule has 2 rings (SSSR count). The van der Waals surface area contributed by atoms with Gasteiger partial charge in [-0.1, -0.05) is 67.6 Å². The fourth-order valence-corrected chi connectivity index (χ4v) is 2.19. The first kappa shape index (κ1) is 13.9. The van der Waals surface area contributed by atoms with E-state index in [-0.39, 0.29) is 0 Å². The third kappa shape index (κ3) is 4.23. The summed E-state index contributed by atoms with van der Waals surface area (Å²) in [5, 5.41) is 4.16. The van der Waals surface area contributed by atoms with Gasteiger partial charge in [-0.15, -0.1) is 0 Å². The van der Waals surface area contributed by atoms with Crippen LogP contribution in [0.2, 0.25) is 0 Å². The molecule has 102 valence electrons. The Bertz CT molecular complexity index is 484. The fraction of sp³-hybridized carbons (Fsp3) is 0.471. The van der Waals surface area contributed by atoms with Crippen molar-refractivity contribution in [2.24, 2.45) is 0 Å². The second-order valence-corrected chi connectivity index (χ2v) is 5.21. The molecule has 0 aliphatic carbocycles. The Hall–Kier alpha value is -1.57. The minimum absolute atomic E-state index is 0.878. The molecule has 2 aromatic rings. The summed E-state index contributed by atoms with van der Waals surface area (Å²) in [6, 6.07) is 10.4. The molecule has 2 nitrogen and oxygen atoms in total. The van der Waals surface area contributed by atoms with Crippen LogP contribution < -0.4 is 0 Å². The van der Waals surface area contributed by atoms with E-state index >= 15 is 0 Å². The average molecular weight is 257 g/mol. The van der Waals surface area contributed by atoms with Gasteiger partial charge < -0.3 is 4.52 Å². The summed E-state index contributed by atoms with van der Waals surface area (Å²) in [7, 11) is 0. The number of nitrogens with zero attached hydrogens (tertiary/aromatic N) is 1. The van der Waals surface area contributed by atoms with Crippen molar-refractivity contribution in [2.75, 3.05) is 0 Å². The lowest BCUT2D eigenvalue weighted by molar-refractivity contribution is 0.421. The van der Waals surface area contributed by atoms with Gasteiger partial charge in [0.1, 0.15) is 0 Å². The van der Waals surface area contributed by atoms with E-state index in [9.17, 15) is 0 Å². The SMILES string of the molecule is CCCCCCCc1cc(-c2ccc(C)cc2)on1. The zero-order valence-corrected chi connectivity index (χ0v) is 12.0. The van der Waals surface area contributed by atoms with E-state index in [2.05, 4.69) is 49.3 Å². The van der Waals surface area contributed by atoms with Crippen LogP contribution in [0.5, 0.6) is 0 Å². The van der Waals surface area contributed by atoms with Crippen molar-refractivity contribution in [1.82, 2.24) is 5.16 Å². The molecule has 0 spiro atoms. The first-order chi connectivity index (χ1) is 9.29. The van der Waals surface area contributed by atoms with Crippen LogP contribution in [-0.4, -0.2) is 5.16 Å². The highest BCUT2D eigenvalue weighted by Gasteiger charge is 2.06. The van der Waals surface area contributed by atoms with E-state index in [4.69, 9.17) is 4.52 Å². The molecule has 0 bridgehead atoms. The molecule has 0 N–H and O–H groups in total. The van der Waals surface area contributed by atoms with Gasteiger partial charge >= 0.3 is 0 Å². The molecule has 0 radical (unpaired) electrons. The lowest BCUT2D eigenvalue weighted by Crippen LogP contribution is -1.85. The number of rotatable bonds is 7. The van der Waals surface area contributed by atoms with Crippen molar-refractivity contribution in [2.45, 2.75) is 52.4 Å². The van der Waals surface area contributed by atoms with Crippen LogP contribution in [-0.2, 0) is 6.42 Å². The molecule has 19 heavy (non-hydrogen) atoms. The molecule has 0 saturated carbocycles. The van der Waals surface area contributed by atoms with Crippen molar-refractivity contribution in [3.63, 3.8) is 0 Å². The van der Waals surface area contributed by atoms with Gasteiger partial charge in [-0.2, -0.15) is 0 Å². The van der Waals surface area contributed by atoms with Gasteiger partial charge in [-0.05, 0) is 19.8 Å². The Morgan fingerprint density at radius 3 is 2.47 bits per heavy atom. The molecule has 2 heteroatoms. The normalized spacial score (nSPS) is 10.8. The van der Waals surface area contributed by atoms with Gasteiger partial charge in [0.25, 0.3) is 0 Å². The second-order valence-electron chi connectivity index (χ2n) is 5.21. The molecule has 0 atom stereocenters. The van der Waals surface area contributed by atoms with Crippen molar-refractivity contribution >= 4 is 0 Å². The van der Waals surface area contributed by atoms with E-state index in [1.165, 1.54) is 37.7 Å². The summed E-state index contributed by atoms with van der Waals surface area (Å²) in [5.41, 5.74) is 3.45. The lowest BCUT2D eigenvalue weighted by Gasteiger charge is -1.97. The van der Waals surface area contributed by atoms with E-state index in [0.717, 1.165) is 23.4 Å². The number of aromatic nitrogens is 1. The Morgan fingerprint density at radius 1 is 1.00 bits per heavy atom. The monoisotopic (exact) mass is 257 g/mol. The molecule has 0 aliphatic heterocycles. The van der Waals surface area contributed by atoms with Crippen LogP contribution in [0.15, 0.2) is 34.9 Å². The topological polar surface area (TPSA) is 26.0 Å². The van der Waals surface area contributed by atoms with Gasteiger partial charge in [0, 0.05) is 11.6 Å². The van der Waals surface area contributed by atoms with Gasteiger partial charge in [0.2, 0.25) is 0 Å². The van der Waals surface area contributed by atoms with Crippen molar-refractivity contribution in [3.8, 4) is 11.3 Å². The third-order valence-corrected chi connectivity index (χ3v) is 3.43. The number of unbranched alkanes of at least 4 members (excludes halogenated alkanes) is 4. The molecule has 0 unspecified atom stereocenters. The Kier molecular flexibility index (Phi) is 5.20. The Labute approximate surface area is 115 Å². The molecule has 1 aromatic heterocycles. The van der Waals surface area contributed by atoms with Crippen molar-refractivity contribution < 1.29 is 4.52 Å². The smallest absolute Gasteiger partial charge is 0.167 e. The van der Waals surface area contributed by atoms with E-state index < -0.39 is 0 Å². The summed E-state index contributed by atoms with van der Waals surface area (Å²) in [6.45, 7) is 4.33. The first-order valence-corrected chi connectivity index (χ1v) is 7.32. The van der Waals surface area contributed by atoms with E-state index in [1.54, 1.807) is 0 Å². The lowest BCUT2D eigenvalue weighted by atomic mass is 10.1. The number of benzene rings is 1. The van der Waals surface area contributed by atoms with Crippen LogP contribution in [0, 0.1) is 6.92 Å². The van der Waals surface area contributed by atoms with Gasteiger partial charge in [0.05, 0.1) is 5.69 Å². The molecule has 0 aliphatic rings. The van der Waals surface area contributed by atoms with Gasteiger partial charge in [0.15, 0.2) is 5.76 Å². The zero-order valence-electron chi connectivity index (χ0n) is 12.0. The predicted molar refractivity (Wildman–Crippen MR) is 79.1 cm³/mol. The maximum Gasteiger partial charge on any atom is 0.167 e. The highest BCUT2D eigenvalue weighted by atomic mass is 16.5. The van der Waals surface area contributed by atoms with Crippen molar-refractivity contribution in [3.05, 3.63) is 41.6 Å². The summed E-state index contributed by atoms with van der Waals surface area (Å²) >= 11 is 0. The number of hydrogen-bond donors (Lipinski definition) is 0. The largest absolute Gasteiger partial charge is 0.356 e. The van der Waals surface area contributed by atoms with Gasteiger partial charge in [-0.3, -0.25) is 0 Å². The van der Waals surface area contributed by atoms with Crippen LogP contribution in [0.3, 0.4) is 0 Å². The molecule has 0 amide bonds. The average Bonchev–Trinajstić information content (AvgIpc) is 2.88. The number of hydrogen-bond acceptors (Lipinski definition) is 2. The van der Waals surface area contributed by atoms with Crippen molar-refractivity contribution in [1.29, 1.82) is 0 Å². The highest BCUT2D eigenvalue weighted by Crippen LogP contribution is 2.21. The minimum atomic E-state index is 0.878. The standard InChI is InChI=1S/C17H23NO/c1-3-4-5-6-7-8-16-13-17(19-18-16)15-11-9-14(2)10-12-15/h9-13H,3-8H2,1-2H3. The van der Waals surface area contributed by atoms with Gasteiger partial charge in [-0.25, -0.2) is 0 Å². The van der Waals surface area contributed by atoms with Crippen LogP contribution in [0.4, 0.5) is 0 Å². The Balaban J connectivity index is 1.86. The summed E-state index contributed by atoms with van der Waals surface area (Å²) in [5.74, 6) is 0.878. The molecule has 0 saturated heterocycles. The van der Waals surface area contributed by atoms with Crippen LogP contribution >= 0.6 is 0 Å². The van der Waals surface area contributed by atoms with E-state index in [1.807, 2.05) is 0 Å². The molecular formula is C17H23NO. The predicted octanol–water partition coefficient (Wildman–Crippen LogP) is 5.16. The Morgan fingerprint density at radius 2 is 1.74 bits per heavy atom. The summed E-state index contributed by atoms with van der Waals surface area (Å²) in [6.07, 6.45) is 7.49. The quantitative estimate of drug-likeness (QED) is 0.640. The zero-order chi connectivity index (χ0) is 13.5. The maximum absolute atomic E-state index is 5.42. The molecule has 1 heterocycles. The minimum Gasteiger partial charge on any atom is -0.356 e. The summed E-state index contributed by atoms with van der Waals surface area (Å²) in [4.78, 5) is 0. The maximum atomic E-state index is 5.42. The van der Waals surface area contributed by atoms with E-state index in [0.29, 0.717) is 0 Å². The summed E-state index contributed by atoms with van der Waals surface area (Å²) < 4.78 is 5.42. The third-order valence-electron chi connectivity index (χ3n) is 3.43. The van der Waals surface area contributed by atoms with Crippen LogP contribution in [0.1, 0.15) is 50.3 Å². The molecule has 0 fully saturated rings. The molecule has 1 aromatic carbocycles. The highest BCUT2D eigenvalue weighted by molar-refractivity contribution is 5.57. The fourth-order valence-electron chi connectivity index (χ4n) is 2.19. The molecular weight excluding hydrogens is 234 g/mol.